The number of piperidine rings is 1. The number of nitrogens with zero attached hydrogens (tertiary/aromatic N) is 2. The molecule has 0 aliphatic carbocycles. The summed E-state index contributed by atoms with van der Waals surface area (Å²) >= 11 is 2.44. The van der Waals surface area contributed by atoms with Crippen molar-refractivity contribution in [2.45, 2.75) is 51.6 Å². The Hall–Kier alpha value is -1.64. The van der Waals surface area contributed by atoms with Gasteiger partial charge in [0.1, 0.15) is 0 Å². The van der Waals surface area contributed by atoms with E-state index in [1.807, 2.05) is 22.5 Å². The van der Waals surface area contributed by atoms with E-state index in [1.54, 1.807) is 6.08 Å². The molecule has 1 aromatic heterocycles. The number of hydrogen-bond donors (Lipinski definition) is 1. The molecule has 3 rings (SSSR count). The van der Waals surface area contributed by atoms with Crippen molar-refractivity contribution >= 4 is 46.2 Å². The van der Waals surface area contributed by atoms with Crippen molar-refractivity contribution < 1.29 is 14.4 Å². The molecule has 2 aliphatic heterocycles. The predicted octanol–water partition coefficient (Wildman–Crippen LogP) is 3.47. The van der Waals surface area contributed by atoms with Crippen molar-refractivity contribution in [1.29, 1.82) is 0 Å². The molecule has 0 unspecified atom stereocenters. The molecule has 0 spiro atoms. The Morgan fingerprint density at radius 1 is 1.31 bits per heavy atom. The van der Waals surface area contributed by atoms with Crippen LogP contribution < -0.4 is 5.43 Å². The average Bonchev–Trinajstić information content (AvgIpc) is 3.19. The zero-order valence-corrected chi connectivity index (χ0v) is 16.6. The summed E-state index contributed by atoms with van der Waals surface area (Å²) in [4.78, 5) is 39.3. The molecule has 1 N–H and O–H groups in total. The largest absolute Gasteiger partial charge is 0.293 e. The zero-order valence-electron chi connectivity index (χ0n) is 14.9. The van der Waals surface area contributed by atoms with Crippen molar-refractivity contribution in [3.05, 3.63) is 27.3 Å². The van der Waals surface area contributed by atoms with Gasteiger partial charge in [0.2, 0.25) is 5.91 Å². The number of amides is 3. The van der Waals surface area contributed by atoms with Crippen LogP contribution in [0.4, 0.5) is 4.79 Å². The highest BCUT2D eigenvalue weighted by Gasteiger charge is 2.35. The van der Waals surface area contributed by atoms with Crippen LogP contribution in [0.5, 0.6) is 0 Å². The molecule has 3 amide bonds. The normalized spacial score (nSPS) is 25.9. The van der Waals surface area contributed by atoms with E-state index in [1.165, 1.54) is 17.8 Å². The molecule has 1 aromatic rings. The first-order valence-corrected chi connectivity index (χ1v) is 10.5. The summed E-state index contributed by atoms with van der Waals surface area (Å²) in [7, 11) is 0. The van der Waals surface area contributed by atoms with E-state index in [9.17, 15) is 14.4 Å². The third-order valence-electron chi connectivity index (χ3n) is 4.70. The molecule has 26 heavy (non-hydrogen) atoms. The van der Waals surface area contributed by atoms with Gasteiger partial charge in [0.25, 0.3) is 11.1 Å². The van der Waals surface area contributed by atoms with Gasteiger partial charge in [-0.1, -0.05) is 12.5 Å². The Bertz CT molecular complexity index is 707. The maximum absolute atomic E-state index is 12.4. The summed E-state index contributed by atoms with van der Waals surface area (Å²) in [6.07, 6.45) is 5.12. The molecular weight excluding hydrogens is 370 g/mol. The average molecular weight is 394 g/mol. The minimum absolute atomic E-state index is 0.106. The third kappa shape index (κ3) is 4.36. The summed E-state index contributed by atoms with van der Waals surface area (Å²) in [5, 5.41) is 3.60. The number of thioether (sulfide) groups is 1. The number of carbonyl (C=O) groups excluding carboxylic acids is 3. The Morgan fingerprint density at radius 3 is 2.69 bits per heavy atom. The van der Waals surface area contributed by atoms with Gasteiger partial charge in [-0.05, 0) is 56.0 Å². The van der Waals surface area contributed by atoms with Gasteiger partial charge in [0.15, 0.2) is 0 Å². The van der Waals surface area contributed by atoms with Crippen molar-refractivity contribution in [3.63, 3.8) is 0 Å². The van der Waals surface area contributed by atoms with Gasteiger partial charge >= 0.3 is 0 Å². The molecule has 3 heterocycles. The van der Waals surface area contributed by atoms with E-state index in [0.29, 0.717) is 17.0 Å². The van der Waals surface area contributed by atoms with E-state index in [2.05, 4.69) is 19.3 Å². The second-order valence-electron chi connectivity index (χ2n) is 6.67. The van der Waals surface area contributed by atoms with Crippen LogP contribution in [0.1, 0.15) is 44.4 Å². The third-order valence-corrected chi connectivity index (χ3v) is 6.43. The molecule has 2 saturated heterocycles. The first kappa shape index (κ1) is 19.1. The Labute approximate surface area is 161 Å². The van der Waals surface area contributed by atoms with Crippen LogP contribution in [-0.4, -0.2) is 45.6 Å². The SMILES string of the molecule is C[C@@H]1CCC[C@@H](C)N1NC(=O)CCN1C(=O)S/C(=C\c2cccs2)C1=O. The van der Waals surface area contributed by atoms with Crippen molar-refractivity contribution in [2.24, 2.45) is 0 Å². The smallest absolute Gasteiger partial charge is 0.288 e. The van der Waals surface area contributed by atoms with Crippen LogP contribution in [0.15, 0.2) is 22.4 Å². The van der Waals surface area contributed by atoms with Crippen LogP contribution in [-0.2, 0) is 9.59 Å². The number of rotatable bonds is 5. The highest BCUT2D eigenvalue weighted by Crippen LogP contribution is 2.33. The molecule has 6 nitrogen and oxygen atoms in total. The molecule has 8 heteroatoms. The van der Waals surface area contributed by atoms with Gasteiger partial charge in [-0.3, -0.25) is 24.7 Å². The summed E-state index contributed by atoms with van der Waals surface area (Å²) in [6.45, 7) is 4.30. The number of thiophene rings is 1. The highest BCUT2D eigenvalue weighted by atomic mass is 32.2. The number of carbonyl (C=O) groups is 3. The van der Waals surface area contributed by atoms with Crippen molar-refractivity contribution in [1.82, 2.24) is 15.3 Å². The molecule has 0 aromatic carbocycles. The fourth-order valence-corrected chi connectivity index (χ4v) is 4.84. The van der Waals surface area contributed by atoms with E-state index in [-0.39, 0.29) is 30.0 Å². The van der Waals surface area contributed by atoms with Crippen LogP contribution in [0.25, 0.3) is 6.08 Å². The van der Waals surface area contributed by atoms with Gasteiger partial charge in [-0.25, -0.2) is 5.01 Å². The molecule has 0 saturated carbocycles. The zero-order chi connectivity index (χ0) is 18.7. The van der Waals surface area contributed by atoms with Gasteiger partial charge < -0.3 is 0 Å². The summed E-state index contributed by atoms with van der Waals surface area (Å²) in [5.74, 6) is -0.479. The highest BCUT2D eigenvalue weighted by molar-refractivity contribution is 8.18. The lowest BCUT2D eigenvalue weighted by molar-refractivity contribution is -0.130. The topological polar surface area (TPSA) is 69.7 Å². The quantitative estimate of drug-likeness (QED) is 0.776. The fourth-order valence-electron chi connectivity index (χ4n) is 3.25. The summed E-state index contributed by atoms with van der Waals surface area (Å²) in [6, 6.07) is 4.39. The number of hydrazine groups is 1. The van der Waals surface area contributed by atoms with E-state index < -0.39 is 0 Å². The Balaban J connectivity index is 1.55. The minimum Gasteiger partial charge on any atom is -0.288 e. The Kier molecular flexibility index (Phi) is 6.16. The lowest BCUT2D eigenvalue weighted by Crippen LogP contribution is -2.54. The molecule has 2 fully saturated rings. The first-order valence-electron chi connectivity index (χ1n) is 8.82. The molecule has 2 aliphatic rings. The molecule has 0 radical (unpaired) electrons. The molecule has 140 valence electrons. The molecule has 0 bridgehead atoms. The number of imide groups is 1. The first-order chi connectivity index (χ1) is 12.5. The predicted molar refractivity (Wildman–Crippen MR) is 104 cm³/mol. The molecule has 2 atom stereocenters. The van der Waals surface area contributed by atoms with Gasteiger partial charge in [0, 0.05) is 29.9 Å². The minimum atomic E-state index is -0.319. The maximum atomic E-state index is 12.4. The lowest BCUT2D eigenvalue weighted by Gasteiger charge is -2.38. The fraction of sp³-hybridized carbons (Fsp3) is 0.500. The van der Waals surface area contributed by atoms with Crippen molar-refractivity contribution in [3.8, 4) is 0 Å². The van der Waals surface area contributed by atoms with Gasteiger partial charge in [0.05, 0.1) is 4.91 Å². The van der Waals surface area contributed by atoms with E-state index in [0.717, 1.165) is 34.4 Å². The lowest BCUT2D eigenvalue weighted by atomic mass is 10.00. The van der Waals surface area contributed by atoms with Crippen LogP contribution in [0.2, 0.25) is 0 Å². The van der Waals surface area contributed by atoms with Gasteiger partial charge in [-0.2, -0.15) is 0 Å². The summed E-state index contributed by atoms with van der Waals surface area (Å²) in [5.41, 5.74) is 2.94. The second-order valence-corrected chi connectivity index (χ2v) is 8.64. The second kappa shape index (κ2) is 8.37. The van der Waals surface area contributed by atoms with E-state index >= 15 is 0 Å². The van der Waals surface area contributed by atoms with E-state index in [4.69, 9.17) is 0 Å². The Morgan fingerprint density at radius 2 is 2.04 bits per heavy atom. The molecular formula is C18H23N3O3S2. The van der Waals surface area contributed by atoms with Crippen LogP contribution in [0.3, 0.4) is 0 Å². The van der Waals surface area contributed by atoms with Crippen LogP contribution in [0, 0.1) is 0 Å². The monoisotopic (exact) mass is 393 g/mol. The van der Waals surface area contributed by atoms with Crippen LogP contribution >= 0.6 is 23.1 Å². The standard InChI is InChI=1S/C18H23N3O3S2/c1-12-5-3-6-13(2)21(12)19-16(22)8-9-20-17(23)15(26-18(20)24)11-14-7-4-10-25-14/h4,7,10-13H,3,5-6,8-9H2,1-2H3,(H,19,22)/b15-11-/t12-,13-/m1/s1. The number of nitrogens with one attached hydrogen (secondary N) is 1. The van der Waals surface area contributed by atoms with Gasteiger partial charge in [-0.15, -0.1) is 11.3 Å². The number of hydrogen-bond acceptors (Lipinski definition) is 6. The maximum Gasteiger partial charge on any atom is 0.293 e. The van der Waals surface area contributed by atoms with Crippen molar-refractivity contribution in [2.75, 3.05) is 6.54 Å². The summed E-state index contributed by atoms with van der Waals surface area (Å²) < 4.78 is 0.